The van der Waals surface area contributed by atoms with Crippen LogP contribution in [0.25, 0.3) is 0 Å². The monoisotopic (exact) mass is 373 g/mol. The Balaban J connectivity index is 1.52. The van der Waals surface area contributed by atoms with Crippen LogP contribution in [0.1, 0.15) is 66.5 Å². The van der Waals surface area contributed by atoms with E-state index in [2.05, 4.69) is 33.0 Å². The van der Waals surface area contributed by atoms with Crippen molar-refractivity contribution in [3.05, 3.63) is 28.8 Å². The molecule has 148 valence electrons. The first-order chi connectivity index (χ1) is 13.1. The second-order valence-electron chi connectivity index (χ2n) is 7.36. The van der Waals surface area contributed by atoms with Crippen molar-refractivity contribution in [2.45, 2.75) is 78.6 Å². The number of aryl methyl sites for hydroxylation is 3. The molecule has 0 bridgehead atoms. The van der Waals surface area contributed by atoms with Crippen LogP contribution >= 0.6 is 0 Å². The molecule has 1 atom stereocenters. The molecule has 1 aliphatic heterocycles. The number of aromatic nitrogens is 5. The van der Waals surface area contributed by atoms with Gasteiger partial charge >= 0.3 is 0 Å². The average Bonchev–Trinajstić information content (AvgIpc) is 3.25. The van der Waals surface area contributed by atoms with Gasteiger partial charge in [-0.25, -0.2) is 0 Å². The van der Waals surface area contributed by atoms with Gasteiger partial charge in [0.05, 0.1) is 11.9 Å². The van der Waals surface area contributed by atoms with E-state index in [0.29, 0.717) is 18.3 Å². The van der Waals surface area contributed by atoms with Crippen molar-refractivity contribution in [2.24, 2.45) is 0 Å². The van der Waals surface area contributed by atoms with Gasteiger partial charge in [-0.1, -0.05) is 18.6 Å². The number of amides is 1. The highest BCUT2D eigenvalue weighted by molar-refractivity contribution is 5.91. The Hall–Kier alpha value is -2.22. The molecule has 0 spiro atoms. The summed E-state index contributed by atoms with van der Waals surface area (Å²) in [4.78, 5) is 12.4. The van der Waals surface area contributed by atoms with Gasteiger partial charge in [0, 0.05) is 36.9 Å². The van der Waals surface area contributed by atoms with Gasteiger partial charge in [0.2, 0.25) is 0 Å². The van der Waals surface area contributed by atoms with Gasteiger partial charge in [-0.2, -0.15) is 5.10 Å². The SMILES string of the molecule is CCCn1nc(C)c(CNC(=O)c2cn(CC[C@H]3CCCCN3)nn2)c1C. The second-order valence-corrected chi connectivity index (χ2v) is 7.36. The van der Waals surface area contributed by atoms with E-state index in [-0.39, 0.29) is 5.91 Å². The maximum Gasteiger partial charge on any atom is 0.273 e. The fourth-order valence-corrected chi connectivity index (χ4v) is 3.65. The van der Waals surface area contributed by atoms with E-state index in [1.807, 2.05) is 18.5 Å². The van der Waals surface area contributed by atoms with Crippen molar-refractivity contribution in [2.75, 3.05) is 6.54 Å². The Kier molecular flexibility index (Phi) is 6.60. The number of rotatable bonds is 8. The maximum absolute atomic E-state index is 12.4. The summed E-state index contributed by atoms with van der Waals surface area (Å²) in [5.41, 5.74) is 3.51. The molecule has 0 saturated carbocycles. The van der Waals surface area contributed by atoms with Crippen LogP contribution in [-0.2, 0) is 19.6 Å². The molecular formula is C19H31N7O. The smallest absolute Gasteiger partial charge is 0.273 e. The van der Waals surface area contributed by atoms with Gasteiger partial charge in [0.25, 0.3) is 5.91 Å². The second kappa shape index (κ2) is 9.12. The van der Waals surface area contributed by atoms with Crippen molar-refractivity contribution >= 4 is 5.91 Å². The largest absolute Gasteiger partial charge is 0.346 e. The highest BCUT2D eigenvalue weighted by atomic mass is 16.2. The molecule has 0 radical (unpaired) electrons. The summed E-state index contributed by atoms with van der Waals surface area (Å²) in [6.07, 6.45) is 7.55. The fraction of sp³-hybridized carbons (Fsp3) is 0.684. The summed E-state index contributed by atoms with van der Waals surface area (Å²) in [6, 6.07) is 0.547. The van der Waals surface area contributed by atoms with Crippen LogP contribution < -0.4 is 10.6 Å². The van der Waals surface area contributed by atoms with Crippen molar-refractivity contribution in [1.82, 2.24) is 35.4 Å². The Morgan fingerprint density at radius 3 is 2.93 bits per heavy atom. The minimum Gasteiger partial charge on any atom is -0.346 e. The van der Waals surface area contributed by atoms with Crippen LogP contribution in [0.3, 0.4) is 0 Å². The molecule has 1 fully saturated rings. The van der Waals surface area contributed by atoms with E-state index >= 15 is 0 Å². The van der Waals surface area contributed by atoms with E-state index in [1.54, 1.807) is 10.9 Å². The molecule has 1 amide bonds. The number of hydrogen-bond acceptors (Lipinski definition) is 5. The van der Waals surface area contributed by atoms with Crippen molar-refractivity contribution < 1.29 is 4.79 Å². The van der Waals surface area contributed by atoms with E-state index < -0.39 is 0 Å². The number of piperidine rings is 1. The standard InChI is InChI=1S/C19H31N7O/c1-4-10-26-15(3)17(14(2)23-26)12-21-19(27)18-13-25(24-22-18)11-8-16-7-5-6-9-20-16/h13,16,20H,4-12H2,1-3H3,(H,21,27)/t16-/m1/s1. The van der Waals surface area contributed by atoms with E-state index in [0.717, 1.165) is 49.4 Å². The molecule has 8 nitrogen and oxygen atoms in total. The lowest BCUT2D eigenvalue weighted by Gasteiger charge is -2.23. The summed E-state index contributed by atoms with van der Waals surface area (Å²) in [5.74, 6) is -0.195. The molecule has 1 aliphatic rings. The van der Waals surface area contributed by atoms with Gasteiger partial charge in [-0.15, -0.1) is 5.10 Å². The van der Waals surface area contributed by atoms with Crippen LogP contribution in [0.5, 0.6) is 0 Å². The van der Waals surface area contributed by atoms with Crippen LogP contribution in [0.2, 0.25) is 0 Å². The van der Waals surface area contributed by atoms with E-state index in [9.17, 15) is 4.79 Å². The van der Waals surface area contributed by atoms with E-state index in [1.165, 1.54) is 19.3 Å². The Bertz CT molecular complexity index is 758. The molecule has 0 aliphatic carbocycles. The maximum atomic E-state index is 12.4. The molecule has 2 aromatic heterocycles. The zero-order valence-corrected chi connectivity index (χ0v) is 16.7. The molecule has 27 heavy (non-hydrogen) atoms. The highest BCUT2D eigenvalue weighted by Gasteiger charge is 2.16. The third-order valence-electron chi connectivity index (χ3n) is 5.28. The first-order valence-corrected chi connectivity index (χ1v) is 10.0. The van der Waals surface area contributed by atoms with Crippen LogP contribution in [0, 0.1) is 13.8 Å². The van der Waals surface area contributed by atoms with Crippen LogP contribution in [0.15, 0.2) is 6.20 Å². The first kappa shape index (κ1) is 19.5. The summed E-state index contributed by atoms with van der Waals surface area (Å²) in [5, 5.41) is 19.2. The lowest BCUT2D eigenvalue weighted by Crippen LogP contribution is -2.34. The fourth-order valence-electron chi connectivity index (χ4n) is 3.65. The third-order valence-corrected chi connectivity index (χ3v) is 5.28. The zero-order chi connectivity index (χ0) is 19.2. The summed E-state index contributed by atoms with van der Waals surface area (Å²) >= 11 is 0. The topological polar surface area (TPSA) is 89.7 Å². The Morgan fingerprint density at radius 1 is 1.33 bits per heavy atom. The van der Waals surface area contributed by atoms with Crippen LogP contribution in [-0.4, -0.2) is 43.3 Å². The zero-order valence-electron chi connectivity index (χ0n) is 16.7. The lowest BCUT2D eigenvalue weighted by molar-refractivity contribution is 0.0945. The van der Waals surface area contributed by atoms with Gasteiger partial charge in [-0.3, -0.25) is 14.2 Å². The quantitative estimate of drug-likeness (QED) is 0.738. The number of hydrogen-bond donors (Lipinski definition) is 2. The molecule has 0 aromatic carbocycles. The molecule has 1 saturated heterocycles. The molecule has 2 N–H and O–H groups in total. The minimum atomic E-state index is -0.195. The highest BCUT2D eigenvalue weighted by Crippen LogP contribution is 2.14. The third kappa shape index (κ3) is 4.94. The predicted molar refractivity (Wildman–Crippen MR) is 103 cm³/mol. The minimum absolute atomic E-state index is 0.195. The first-order valence-electron chi connectivity index (χ1n) is 10.0. The van der Waals surface area contributed by atoms with Crippen molar-refractivity contribution in [3.8, 4) is 0 Å². The molecule has 0 unspecified atom stereocenters. The number of nitrogens with zero attached hydrogens (tertiary/aromatic N) is 5. The Morgan fingerprint density at radius 2 is 2.19 bits per heavy atom. The number of carbonyl (C=O) groups is 1. The normalized spacial score (nSPS) is 17.2. The molecule has 3 rings (SSSR count). The predicted octanol–water partition coefficient (Wildman–Crippen LogP) is 1.96. The summed E-state index contributed by atoms with van der Waals surface area (Å²) in [7, 11) is 0. The molecule has 3 heterocycles. The van der Waals surface area contributed by atoms with Gasteiger partial charge in [-0.05, 0) is 46.1 Å². The number of nitrogens with one attached hydrogen (secondary N) is 2. The van der Waals surface area contributed by atoms with Crippen molar-refractivity contribution in [3.63, 3.8) is 0 Å². The summed E-state index contributed by atoms with van der Waals surface area (Å²) in [6.45, 7) is 9.39. The average molecular weight is 374 g/mol. The van der Waals surface area contributed by atoms with Crippen molar-refractivity contribution in [1.29, 1.82) is 0 Å². The van der Waals surface area contributed by atoms with Gasteiger partial charge in [0.15, 0.2) is 5.69 Å². The Labute approximate surface area is 160 Å². The van der Waals surface area contributed by atoms with E-state index in [4.69, 9.17) is 0 Å². The molecule has 8 heteroatoms. The number of carbonyl (C=O) groups excluding carboxylic acids is 1. The molecule has 2 aromatic rings. The van der Waals surface area contributed by atoms with Crippen LogP contribution in [0.4, 0.5) is 0 Å². The van der Waals surface area contributed by atoms with Gasteiger partial charge in [0.1, 0.15) is 0 Å². The molecular weight excluding hydrogens is 342 g/mol. The summed E-state index contributed by atoms with van der Waals surface area (Å²) < 4.78 is 3.77. The lowest BCUT2D eigenvalue weighted by atomic mass is 10.0. The van der Waals surface area contributed by atoms with Gasteiger partial charge < -0.3 is 10.6 Å².